The van der Waals surface area contributed by atoms with Gasteiger partial charge in [0.25, 0.3) is 5.91 Å². The molecule has 8 heteroatoms. The van der Waals surface area contributed by atoms with Crippen LogP contribution in [0.3, 0.4) is 0 Å². The van der Waals surface area contributed by atoms with Gasteiger partial charge in [0.2, 0.25) is 0 Å². The Morgan fingerprint density at radius 1 is 1.25 bits per heavy atom. The summed E-state index contributed by atoms with van der Waals surface area (Å²) in [6.07, 6.45) is 4.07. The molecule has 0 spiro atoms. The number of pyridine rings is 1. The van der Waals surface area contributed by atoms with Crippen molar-refractivity contribution in [2.75, 3.05) is 13.7 Å². The molecule has 1 aliphatic heterocycles. The molecule has 1 atom stereocenters. The predicted molar refractivity (Wildman–Crippen MR) is 101 cm³/mol. The van der Waals surface area contributed by atoms with Crippen molar-refractivity contribution in [3.63, 3.8) is 0 Å². The minimum absolute atomic E-state index is 0.136. The van der Waals surface area contributed by atoms with Crippen LogP contribution in [0.1, 0.15) is 33.4 Å². The van der Waals surface area contributed by atoms with Gasteiger partial charge in [-0.15, -0.1) is 5.10 Å². The fourth-order valence-corrected chi connectivity index (χ4v) is 3.16. The molecule has 8 nitrogen and oxygen atoms in total. The van der Waals surface area contributed by atoms with Gasteiger partial charge in [-0.05, 0) is 41.8 Å². The van der Waals surface area contributed by atoms with Gasteiger partial charge in [-0.3, -0.25) is 9.78 Å². The zero-order valence-corrected chi connectivity index (χ0v) is 15.5. The lowest BCUT2D eigenvalue weighted by molar-refractivity contribution is -0.00179. The Morgan fingerprint density at radius 3 is 2.79 bits per heavy atom. The average molecular weight is 379 g/mol. The number of fused-ring (bicyclic) bond motifs is 1. The smallest absolute Gasteiger partial charge is 0.273 e. The lowest BCUT2D eigenvalue weighted by Crippen LogP contribution is -2.29. The minimum atomic E-state index is -0.234. The number of carbonyl (C=O) groups is 1. The van der Waals surface area contributed by atoms with E-state index in [0.29, 0.717) is 24.5 Å². The van der Waals surface area contributed by atoms with E-state index >= 15 is 0 Å². The lowest BCUT2D eigenvalue weighted by Gasteiger charge is -2.24. The van der Waals surface area contributed by atoms with Crippen molar-refractivity contribution in [3.05, 3.63) is 71.3 Å². The molecule has 0 radical (unpaired) electrons. The van der Waals surface area contributed by atoms with Crippen molar-refractivity contribution >= 4 is 5.91 Å². The van der Waals surface area contributed by atoms with E-state index in [9.17, 15) is 4.79 Å². The van der Waals surface area contributed by atoms with E-state index in [-0.39, 0.29) is 18.6 Å². The third-order valence-electron chi connectivity index (χ3n) is 4.75. The second-order valence-corrected chi connectivity index (χ2v) is 6.50. The maximum Gasteiger partial charge on any atom is 0.273 e. The molecule has 1 N–H and O–H groups in total. The Balaban J connectivity index is 1.38. The standard InChI is InChI=1S/C20H21N5O3/c1-27-16-4-2-15(3-5-16)18-12-25-17(13-28-18)19(23-24-25)20(26)22-11-8-14-6-9-21-10-7-14/h2-7,9-10,18H,8,11-13H2,1H3,(H,22,26). The first kappa shape index (κ1) is 18.1. The summed E-state index contributed by atoms with van der Waals surface area (Å²) in [5, 5.41) is 11.1. The number of ether oxygens (including phenoxy) is 2. The molecule has 0 bridgehead atoms. The van der Waals surface area contributed by atoms with Gasteiger partial charge in [-0.2, -0.15) is 0 Å². The zero-order chi connectivity index (χ0) is 19.3. The van der Waals surface area contributed by atoms with E-state index in [2.05, 4.69) is 20.6 Å². The Labute approximate surface area is 162 Å². The monoisotopic (exact) mass is 379 g/mol. The van der Waals surface area contributed by atoms with Crippen LogP contribution in [0.4, 0.5) is 0 Å². The van der Waals surface area contributed by atoms with Crippen LogP contribution in [-0.4, -0.2) is 39.5 Å². The highest BCUT2D eigenvalue weighted by Gasteiger charge is 2.27. The molecule has 4 rings (SSSR count). The summed E-state index contributed by atoms with van der Waals surface area (Å²) in [4.78, 5) is 16.5. The van der Waals surface area contributed by atoms with E-state index in [0.717, 1.165) is 23.3 Å². The van der Waals surface area contributed by atoms with Gasteiger partial charge >= 0.3 is 0 Å². The van der Waals surface area contributed by atoms with Crippen LogP contribution in [0.25, 0.3) is 0 Å². The number of nitrogens with zero attached hydrogens (tertiary/aromatic N) is 4. The fourth-order valence-electron chi connectivity index (χ4n) is 3.16. The molecule has 1 amide bonds. The maximum atomic E-state index is 12.5. The second kappa shape index (κ2) is 8.18. The van der Waals surface area contributed by atoms with Gasteiger partial charge < -0.3 is 14.8 Å². The highest BCUT2D eigenvalue weighted by Crippen LogP contribution is 2.28. The number of hydrogen-bond donors (Lipinski definition) is 1. The molecular weight excluding hydrogens is 358 g/mol. The molecule has 144 valence electrons. The Kier molecular flexibility index (Phi) is 5.29. The van der Waals surface area contributed by atoms with E-state index in [4.69, 9.17) is 9.47 Å². The third-order valence-corrected chi connectivity index (χ3v) is 4.75. The summed E-state index contributed by atoms with van der Waals surface area (Å²) in [7, 11) is 1.64. The van der Waals surface area contributed by atoms with E-state index in [1.54, 1.807) is 24.2 Å². The molecule has 1 aromatic carbocycles. The van der Waals surface area contributed by atoms with Crippen molar-refractivity contribution < 1.29 is 14.3 Å². The summed E-state index contributed by atoms with van der Waals surface area (Å²) >= 11 is 0. The molecular formula is C20H21N5O3. The first-order chi connectivity index (χ1) is 13.7. The first-order valence-electron chi connectivity index (χ1n) is 9.09. The summed E-state index contributed by atoms with van der Waals surface area (Å²) in [5.74, 6) is 0.563. The molecule has 2 aromatic heterocycles. The zero-order valence-electron chi connectivity index (χ0n) is 15.5. The van der Waals surface area contributed by atoms with Gasteiger partial charge in [0.15, 0.2) is 5.69 Å². The molecule has 1 unspecified atom stereocenters. The van der Waals surface area contributed by atoms with Crippen molar-refractivity contribution in [1.29, 1.82) is 0 Å². The Hall–Kier alpha value is -3.26. The van der Waals surface area contributed by atoms with Crippen LogP contribution >= 0.6 is 0 Å². The molecule has 0 saturated heterocycles. The first-order valence-corrected chi connectivity index (χ1v) is 9.09. The third kappa shape index (κ3) is 3.86. The number of hydrogen-bond acceptors (Lipinski definition) is 6. The van der Waals surface area contributed by atoms with Crippen LogP contribution in [0.15, 0.2) is 48.8 Å². The molecule has 0 aliphatic carbocycles. The van der Waals surface area contributed by atoms with Crippen molar-refractivity contribution in [1.82, 2.24) is 25.3 Å². The highest BCUT2D eigenvalue weighted by molar-refractivity contribution is 5.93. The van der Waals surface area contributed by atoms with Gasteiger partial charge in [0, 0.05) is 18.9 Å². The van der Waals surface area contributed by atoms with Crippen LogP contribution in [0, 0.1) is 0 Å². The summed E-state index contributed by atoms with van der Waals surface area (Å²) < 4.78 is 12.9. The SMILES string of the molecule is COc1ccc(C2Cn3nnc(C(=O)NCCc4ccncc4)c3CO2)cc1. The Morgan fingerprint density at radius 2 is 2.04 bits per heavy atom. The number of nitrogens with one attached hydrogen (secondary N) is 1. The lowest BCUT2D eigenvalue weighted by atomic mass is 10.1. The molecule has 3 heterocycles. The van der Waals surface area contributed by atoms with Crippen molar-refractivity contribution in [2.24, 2.45) is 0 Å². The van der Waals surface area contributed by atoms with Crippen LogP contribution in [-0.2, 0) is 24.3 Å². The quantitative estimate of drug-likeness (QED) is 0.704. The number of amides is 1. The summed E-state index contributed by atoms with van der Waals surface area (Å²) in [6.45, 7) is 1.32. The summed E-state index contributed by atoms with van der Waals surface area (Å²) in [6, 6.07) is 11.6. The average Bonchev–Trinajstić information content (AvgIpc) is 3.18. The number of methoxy groups -OCH3 is 1. The normalized spacial score (nSPS) is 15.7. The Bertz CT molecular complexity index is 940. The number of rotatable bonds is 6. The number of benzene rings is 1. The maximum absolute atomic E-state index is 12.5. The fraction of sp³-hybridized carbons (Fsp3) is 0.300. The molecule has 0 saturated carbocycles. The van der Waals surface area contributed by atoms with Gasteiger partial charge in [-0.25, -0.2) is 4.68 Å². The summed E-state index contributed by atoms with van der Waals surface area (Å²) in [5.41, 5.74) is 3.17. The predicted octanol–water partition coefficient (Wildman–Crippen LogP) is 1.93. The van der Waals surface area contributed by atoms with Gasteiger partial charge in [0.05, 0.1) is 26.0 Å². The van der Waals surface area contributed by atoms with E-state index in [1.807, 2.05) is 36.4 Å². The van der Waals surface area contributed by atoms with E-state index < -0.39 is 0 Å². The van der Waals surface area contributed by atoms with Crippen LogP contribution in [0.2, 0.25) is 0 Å². The van der Waals surface area contributed by atoms with Crippen molar-refractivity contribution in [3.8, 4) is 5.75 Å². The second-order valence-electron chi connectivity index (χ2n) is 6.50. The van der Waals surface area contributed by atoms with Crippen LogP contribution < -0.4 is 10.1 Å². The van der Waals surface area contributed by atoms with E-state index in [1.165, 1.54) is 0 Å². The van der Waals surface area contributed by atoms with Gasteiger partial charge in [0.1, 0.15) is 11.9 Å². The van der Waals surface area contributed by atoms with Crippen molar-refractivity contribution in [2.45, 2.75) is 25.7 Å². The highest BCUT2D eigenvalue weighted by atomic mass is 16.5. The van der Waals surface area contributed by atoms with Crippen LogP contribution in [0.5, 0.6) is 5.75 Å². The van der Waals surface area contributed by atoms with Gasteiger partial charge in [-0.1, -0.05) is 17.3 Å². The topological polar surface area (TPSA) is 91.2 Å². The largest absolute Gasteiger partial charge is 0.497 e. The molecule has 28 heavy (non-hydrogen) atoms. The number of carbonyl (C=O) groups excluding carboxylic acids is 1. The molecule has 3 aromatic rings. The minimum Gasteiger partial charge on any atom is -0.497 e. The molecule has 0 fully saturated rings. The molecule has 1 aliphatic rings. The number of aromatic nitrogens is 4.